The Kier molecular flexibility index (Phi) is 16.5. The minimum atomic E-state index is -1.76. The highest BCUT2D eigenvalue weighted by Gasteiger charge is 2.55. The zero-order valence-electron chi connectivity index (χ0n) is 61.4. The Labute approximate surface area is 658 Å². The third-order valence-electron chi connectivity index (χ3n) is 23.7. The molecular weight excluding hydrogens is 1450 g/mol. The van der Waals surface area contributed by atoms with E-state index in [4.69, 9.17) is 9.47 Å². The second-order valence-electron chi connectivity index (χ2n) is 29.6. The van der Waals surface area contributed by atoms with Gasteiger partial charge in [-0.15, -0.1) is 0 Å². The molecule has 554 valence electrons. The molecule has 0 aromatic heterocycles. The van der Waals surface area contributed by atoms with Gasteiger partial charge in [-0.2, -0.15) is 0 Å². The molecule has 3 unspecified atom stereocenters. The Morgan fingerprint density at radius 1 is 0.270 bits per heavy atom. The molecule has 0 bridgehead atoms. The largest absolute Gasteiger partial charge is 0.462 e. The van der Waals surface area contributed by atoms with Gasteiger partial charge in [-0.3, -0.25) is 0 Å². The van der Waals surface area contributed by atoms with Crippen molar-refractivity contribution in [3.05, 3.63) is 471 Å². The Balaban J connectivity index is 0.774. The lowest BCUT2D eigenvalue weighted by Crippen LogP contribution is -2.33. The molecule has 15 aromatic carbocycles. The maximum absolute atomic E-state index is 17.5. The molecule has 20 rings (SSSR count). The minimum Gasteiger partial charge on any atom is -0.462 e. The number of fused-ring (bicyclic) bond motifs is 16. The smallest absolute Gasteiger partial charge is 0.133 e. The number of benzene rings is 15. The van der Waals surface area contributed by atoms with Gasteiger partial charge in [0, 0.05) is 75.9 Å². The highest BCUT2D eigenvalue weighted by atomic mass is 19.2. The van der Waals surface area contributed by atoms with Crippen LogP contribution in [-0.4, -0.2) is 0 Å². The van der Waals surface area contributed by atoms with E-state index < -0.39 is 62.8 Å². The van der Waals surface area contributed by atoms with Gasteiger partial charge in [0.25, 0.3) is 0 Å². The monoisotopic (exact) mass is 1510 g/mol. The van der Waals surface area contributed by atoms with Crippen molar-refractivity contribution in [1.29, 1.82) is 0 Å². The van der Waals surface area contributed by atoms with Crippen molar-refractivity contribution < 1.29 is 44.6 Å². The lowest BCUT2D eigenvalue weighted by Gasteiger charge is -2.38. The van der Waals surface area contributed by atoms with Crippen molar-refractivity contribution in [3.8, 4) is 61.8 Å². The quantitative estimate of drug-likeness (QED) is 0.0900. The van der Waals surface area contributed by atoms with Crippen molar-refractivity contribution in [2.75, 3.05) is 9.80 Å². The molecule has 0 amide bonds. The van der Waals surface area contributed by atoms with Crippen LogP contribution in [0.1, 0.15) is 85.2 Å². The van der Waals surface area contributed by atoms with Gasteiger partial charge in [-0.1, -0.05) is 195 Å². The summed E-state index contributed by atoms with van der Waals surface area (Å²) in [6.07, 6.45) is 7.82. The molecule has 12 heteroatoms. The number of halogens is 8. The molecule has 0 heterocycles. The van der Waals surface area contributed by atoms with Crippen LogP contribution in [0.5, 0.6) is 17.2 Å². The molecule has 5 aliphatic carbocycles. The van der Waals surface area contributed by atoms with Gasteiger partial charge in [-0.25, -0.2) is 35.1 Å². The number of hydrogen-bond acceptors (Lipinski definition) is 4. The molecule has 0 N–H and O–H groups in total. The van der Waals surface area contributed by atoms with Crippen molar-refractivity contribution >= 4 is 46.3 Å². The van der Waals surface area contributed by atoms with E-state index in [1.165, 1.54) is 24.3 Å². The summed E-state index contributed by atoms with van der Waals surface area (Å²) in [5.74, 6) is -5.17. The van der Waals surface area contributed by atoms with Crippen LogP contribution in [0.25, 0.3) is 56.7 Å². The summed E-state index contributed by atoms with van der Waals surface area (Å²) < 4.78 is 145. The number of hydrogen-bond donors (Lipinski definition) is 0. The molecule has 4 nitrogen and oxygen atoms in total. The van der Waals surface area contributed by atoms with Crippen molar-refractivity contribution in [3.63, 3.8) is 0 Å². The molecule has 0 saturated heterocycles. The molecular formula is C103H64F8N2O2. The first-order chi connectivity index (χ1) is 56.1. The third-order valence-corrected chi connectivity index (χ3v) is 23.7. The highest BCUT2D eigenvalue weighted by Crippen LogP contribution is 2.66. The Bertz CT molecular complexity index is 6570. The lowest BCUT2D eigenvalue weighted by atomic mass is 9.65. The molecule has 3 atom stereocenters. The fourth-order valence-corrected chi connectivity index (χ4v) is 19.0. The average molecular weight is 1510 g/mol. The molecule has 115 heavy (non-hydrogen) atoms. The van der Waals surface area contributed by atoms with E-state index in [0.29, 0.717) is 126 Å². The van der Waals surface area contributed by atoms with Crippen LogP contribution in [0.15, 0.2) is 352 Å². The topological polar surface area (TPSA) is 24.9 Å². The summed E-state index contributed by atoms with van der Waals surface area (Å²) in [6.45, 7) is 7.75. The van der Waals surface area contributed by atoms with Gasteiger partial charge in [0.2, 0.25) is 0 Å². The fraction of sp³-hybridized carbons (Fsp3) is 0.0485. The summed E-state index contributed by atoms with van der Waals surface area (Å²) in [6, 6.07) is 93.2. The second kappa shape index (κ2) is 27.1. The van der Waals surface area contributed by atoms with Gasteiger partial charge in [0.15, 0.2) is 0 Å². The highest BCUT2D eigenvalue weighted by molar-refractivity contribution is 5.99. The van der Waals surface area contributed by atoms with E-state index in [2.05, 4.69) is 61.7 Å². The van der Waals surface area contributed by atoms with Crippen molar-refractivity contribution in [2.45, 2.75) is 29.1 Å². The Hall–Kier alpha value is -14.1. The predicted octanol–water partition coefficient (Wildman–Crippen LogP) is 27.5. The van der Waals surface area contributed by atoms with Crippen molar-refractivity contribution in [1.82, 2.24) is 0 Å². The summed E-state index contributed by atoms with van der Waals surface area (Å²) in [5, 5.41) is 0. The summed E-state index contributed by atoms with van der Waals surface area (Å²) in [7, 11) is 0. The summed E-state index contributed by atoms with van der Waals surface area (Å²) >= 11 is 0. The van der Waals surface area contributed by atoms with Gasteiger partial charge in [0.05, 0.1) is 16.2 Å². The number of ether oxygens (including phenoxy) is 2. The van der Waals surface area contributed by atoms with Crippen LogP contribution in [0.4, 0.5) is 69.2 Å². The van der Waals surface area contributed by atoms with Crippen LogP contribution < -0.4 is 19.3 Å². The third kappa shape index (κ3) is 10.8. The first kappa shape index (κ1) is 70.0. The maximum atomic E-state index is 17.5. The van der Waals surface area contributed by atoms with E-state index in [1.807, 2.05) is 192 Å². The zero-order valence-corrected chi connectivity index (χ0v) is 61.4. The lowest BCUT2D eigenvalue weighted by molar-refractivity contribution is 0.397. The van der Waals surface area contributed by atoms with Crippen LogP contribution >= 0.6 is 0 Å². The number of rotatable bonds is 16. The molecule has 15 aromatic rings. The SMILES string of the molecule is C=Cc1ccc(OC2=CC=C(C3(c4c(F)cc(F)cc4F)c4ccccc4-c4ccc(N(c5ccc(F)cc5)c5ccc6c(c5)C5(c7ccccc7-6)c6ccccc6-c6ccc(N(c7ccc(F)cc7)c7ccc8c(c7)C(c7ccc(Oc9ccc(C=C)cc9)cc7)(c7c(F)cc(F)cc7F)c7ccccc7-8)cc65)cc43)CC2)cc1. The first-order valence-electron chi connectivity index (χ1n) is 37.9. The van der Waals surface area contributed by atoms with E-state index in [1.54, 1.807) is 60.7 Å². The zero-order chi connectivity index (χ0) is 78.2. The number of nitrogens with zero attached hydrogens (tertiary/aromatic N) is 2. The molecule has 5 aliphatic rings. The van der Waals surface area contributed by atoms with Gasteiger partial charge in [0.1, 0.15) is 69.5 Å². The summed E-state index contributed by atoms with van der Waals surface area (Å²) in [5.41, 5.74) is 13.7. The normalized spacial score (nSPS) is 16.7. The van der Waals surface area contributed by atoms with Gasteiger partial charge in [-0.05, 0) is 252 Å². The second-order valence-corrected chi connectivity index (χ2v) is 29.6. The van der Waals surface area contributed by atoms with Gasteiger partial charge >= 0.3 is 0 Å². The summed E-state index contributed by atoms with van der Waals surface area (Å²) in [4.78, 5) is 4.04. The van der Waals surface area contributed by atoms with Crippen LogP contribution in [-0.2, 0) is 16.2 Å². The molecule has 0 fully saturated rings. The van der Waals surface area contributed by atoms with E-state index in [-0.39, 0.29) is 17.5 Å². The van der Waals surface area contributed by atoms with Crippen LogP contribution in [0.2, 0.25) is 0 Å². The van der Waals surface area contributed by atoms with E-state index in [9.17, 15) is 0 Å². The van der Waals surface area contributed by atoms with E-state index in [0.717, 1.165) is 73.3 Å². The number of allylic oxidation sites excluding steroid dienone is 4. The predicted molar refractivity (Wildman–Crippen MR) is 440 cm³/mol. The Morgan fingerprint density at radius 2 is 0.583 bits per heavy atom. The molecule has 0 saturated carbocycles. The standard InChI is InChI=1S/C103H64F8N2O2/c1-3-61-21-41-75(42-22-61)114-77-45-25-63(26-46-77)101(99-95(108)53-67(106)54-96(99)109)87-17-9-5-13-79(87)83-49-37-71(57-91(83)101)112(69-33-29-65(104)30-34-69)73-39-51-85-81-15-7-11-19-89(81)103(93(85)59-73)90-20-12-8-16-82(90)86-52-40-74(60-94(86)103)113(70-35-31-66(105)32-36-70)72-38-50-84-80-14-6-10-18-88(80)102(92(84)58-72,100-97(110)55-68(107)56-98(100)111)64-27-47-78(48-28-64)115-76-43-23-62(4-2)24-44-76/h3-27,29-47,49-60H,1-2,28,48H2. The van der Waals surface area contributed by atoms with Gasteiger partial charge < -0.3 is 19.3 Å². The van der Waals surface area contributed by atoms with Crippen LogP contribution in [0.3, 0.4) is 0 Å². The molecule has 1 spiro atoms. The minimum absolute atomic E-state index is 0.287. The fourth-order valence-electron chi connectivity index (χ4n) is 19.0. The van der Waals surface area contributed by atoms with E-state index >= 15 is 35.1 Å². The Morgan fingerprint density at radius 3 is 0.957 bits per heavy atom. The first-order valence-corrected chi connectivity index (χ1v) is 37.9. The van der Waals surface area contributed by atoms with Crippen molar-refractivity contribution in [2.24, 2.45) is 0 Å². The van der Waals surface area contributed by atoms with Crippen LogP contribution in [0, 0.1) is 46.5 Å². The average Bonchev–Trinajstić information content (AvgIpc) is 1.49. The number of anilines is 6. The molecule has 0 radical (unpaired) electrons. The maximum Gasteiger partial charge on any atom is 0.133 e. The molecule has 0 aliphatic heterocycles.